The standard InChI is InChI=1S/C14H26N2OS/c1-3-7-12(13(15)18)14(17)16-10(2)11-8-5-4-6-9-11/h10-12H,3-9H2,1-2H3,(H2,15,18)(H,16,17). The maximum atomic E-state index is 12.1. The molecule has 2 unspecified atom stereocenters. The molecule has 18 heavy (non-hydrogen) atoms. The summed E-state index contributed by atoms with van der Waals surface area (Å²) in [5, 5.41) is 3.11. The van der Waals surface area contributed by atoms with Crippen molar-refractivity contribution < 1.29 is 4.79 Å². The molecule has 0 bridgehead atoms. The van der Waals surface area contributed by atoms with Crippen LogP contribution in [0.5, 0.6) is 0 Å². The Kier molecular flexibility index (Phi) is 6.61. The lowest BCUT2D eigenvalue weighted by Gasteiger charge is -2.29. The number of thiocarbonyl (C=S) groups is 1. The molecule has 1 saturated carbocycles. The summed E-state index contributed by atoms with van der Waals surface area (Å²) in [5.41, 5.74) is 5.65. The Bertz CT molecular complexity index is 288. The number of hydrogen-bond donors (Lipinski definition) is 2. The van der Waals surface area contributed by atoms with Crippen LogP contribution in [0.1, 0.15) is 58.8 Å². The van der Waals surface area contributed by atoms with Crippen LogP contribution >= 0.6 is 12.2 Å². The van der Waals surface area contributed by atoms with Gasteiger partial charge in [-0.1, -0.05) is 44.8 Å². The fourth-order valence-corrected chi connectivity index (χ4v) is 2.99. The van der Waals surface area contributed by atoms with Gasteiger partial charge in [-0.2, -0.15) is 0 Å². The number of carbonyl (C=O) groups excluding carboxylic acids is 1. The molecule has 4 heteroatoms. The lowest BCUT2D eigenvalue weighted by atomic mass is 9.84. The van der Waals surface area contributed by atoms with Crippen LogP contribution in [0.25, 0.3) is 0 Å². The Morgan fingerprint density at radius 1 is 1.39 bits per heavy atom. The van der Waals surface area contributed by atoms with E-state index >= 15 is 0 Å². The van der Waals surface area contributed by atoms with Gasteiger partial charge in [-0.15, -0.1) is 0 Å². The maximum Gasteiger partial charge on any atom is 0.230 e. The van der Waals surface area contributed by atoms with Crippen LogP contribution in [0.15, 0.2) is 0 Å². The van der Waals surface area contributed by atoms with Crippen LogP contribution in [0.2, 0.25) is 0 Å². The van der Waals surface area contributed by atoms with Gasteiger partial charge in [0.05, 0.1) is 10.9 Å². The summed E-state index contributed by atoms with van der Waals surface area (Å²) < 4.78 is 0. The molecular weight excluding hydrogens is 244 g/mol. The highest BCUT2D eigenvalue weighted by molar-refractivity contribution is 7.80. The zero-order valence-corrected chi connectivity index (χ0v) is 12.4. The SMILES string of the molecule is CCCC(C(=O)NC(C)C1CCCCC1)C(N)=S. The molecule has 0 aromatic rings. The van der Waals surface area contributed by atoms with Gasteiger partial charge in [0.25, 0.3) is 0 Å². The van der Waals surface area contributed by atoms with E-state index < -0.39 is 0 Å². The maximum absolute atomic E-state index is 12.1. The van der Waals surface area contributed by atoms with E-state index in [1.165, 1.54) is 32.1 Å². The molecule has 0 aromatic carbocycles. The van der Waals surface area contributed by atoms with Crippen molar-refractivity contribution in [3.8, 4) is 0 Å². The van der Waals surface area contributed by atoms with Crippen molar-refractivity contribution in [2.75, 3.05) is 0 Å². The van der Waals surface area contributed by atoms with Gasteiger partial charge in [-0.05, 0) is 32.1 Å². The molecule has 3 N–H and O–H groups in total. The third-order valence-corrected chi connectivity index (χ3v) is 4.25. The van der Waals surface area contributed by atoms with Crippen molar-refractivity contribution in [3.63, 3.8) is 0 Å². The molecule has 1 rings (SSSR count). The topological polar surface area (TPSA) is 55.1 Å². The highest BCUT2D eigenvalue weighted by atomic mass is 32.1. The molecule has 1 fully saturated rings. The Morgan fingerprint density at radius 3 is 2.50 bits per heavy atom. The van der Waals surface area contributed by atoms with Gasteiger partial charge in [0.15, 0.2) is 0 Å². The van der Waals surface area contributed by atoms with Crippen molar-refractivity contribution in [2.45, 2.75) is 64.8 Å². The van der Waals surface area contributed by atoms with Crippen LogP contribution < -0.4 is 11.1 Å². The van der Waals surface area contributed by atoms with Gasteiger partial charge >= 0.3 is 0 Å². The average Bonchev–Trinajstić information content (AvgIpc) is 2.36. The van der Waals surface area contributed by atoms with E-state index in [1.54, 1.807) is 0 Å². The van der Waals surface area contributed by atoms with Gasteiger partial charge < -0.3 is 11.1 Å². The minimum Gasteiger partial charge on any atom is -0.393 e. The normalized spacial score (nSPS) is 20.1. The quantitative estimate of drug-likeness (QED) is 0.730. The van der Waals surface area contributed by atoms with E-state index in [9.17, 15) is 4.79 Å². The highest BCUT2D eigenvalue weighted by Gasteiger charge is 2.26. The fraction of sp³-hybridized carbons (Fsp3) is 0.857. The first-order valence-corrected chi connectivity index (χ1v) is 7.56. The third kappa shape index (κ3) is 4.56. The molecule has 1 amide bonds. The van der Waals surface area contributed by atoms with Crippen LogP contribution in [-0.4, -0.2) is 16.9 Å². The van der Waals surface area contributed by atoms with Crippen LogP contribution in [0, 0.1) is 11.8 Å². The van der Waals surface area contributed by atoms with Crippen LogP contribution in [-0.2, 0) is 4.79 Å². The first-order valence-electron chi connectivity index (χ1n) is 7.16. The second-order valence-electron chi connectivity index (χ2n) is 5.44. The van der Waals surface area contributed by atoms with Gasteiger partial charge in [0, 0.05) is 6.04 Å². The third-order valence-electron chi connectivity index (χ3n) is 3.96. The van der Waals surface area contributed by atoms with E-state index in [-0.39, 0.29) is 17.9 Å². The first-order chi connectivity index (χ1) is 8.56. The second kappa shape index (κ2) is 7.72. The largest absolute Gasteiger partial charge is 0.393 e. The number of nitrogens with one attached hydrogen (secondary N) is 1. The van der Waals surface area contributed by atoms with Crippen LogP contribution in [0.3, 0.4) is 0 Å². The second-order valence-corrected chi connectivity index (χ2v) is 5.91. The molecule has 0 saturated heterocycles. The molecule has 0 radical (unpaired) electrons. The van der Waals surface area contributed by atoms with Gasteiger partial charge in [0.1, 0.15) is 0 Å². The summed E-state index contributed by atoms with van der Waals surface area (Å²) in [6.45, 7) is 4.15. The molecule has 0 spiro atoms. The minimum atomic E-state index is -0.295. The lowest BCUT2D eigenvalue weighted by molar-refractivity contribution is -0.124. The number of amides is 1. The number of nitrogens with two attached hydrogens (primary N) is 1. The molecule has 104 valence electrons. The monoisotopic (exact) mass is 270 g/mol. The molecule has 2 atom stereocenters. The number of hydrogen-bond acceptors (Lipinski definition) is 2. The van der Waals surface area contributed by atoms with Crippen LogP contribution in [0.4, 0.5) is 0 Å². The fourth-order valence-electron chi connectivity index (χ4n) is 2.77. The Labute approximate surface area is 116 Å². The predicted octanol–water partition coefficient (Wildman–Crippen LogP) is 2.77. The van der Waals surface area contributed by atoms with Crippen molar-refractivity contribution in [1.29, 1.82) is 0 Å². The predicted molar refractivity (Wildman–Crippen MR) is 79.4 cm³/mol. The summed E-state index contributed by atoms with van der Waals surface area (Å²) in [6, 6.07) is 0.242. The van der Waals surface area contributed by atoms with Crippen molar-refractivity contribution in [2.24, 2.45) is 17.6 Å². The molecule has 0 aliphatic heterocycles. The number of carbonyl (C=O) groups is 1. The van der Waals surface area contributed by atoms with Gasteiger partial charge in [-0.25, -0.2) is 0 Å². The zero-order valence-electron chi connectivity index (χ0n) is 11.6. The Hall–Kier alpha value is -0.640. The molecule has 1 aliphatic carbocycles. The summed E-state index contributed by atoms with van der Waals surface area (Å²) >= 11 is 4.98. The summed E-state index contributed by atoms with van der Waals surface area (Å²) in [7, 11) is 0. The van der Waals surface area contributed by atoms with Gasteiger partial charge in [-0.3, -0.25) is 4.79 Å². The van der Waals surface area contributed by atoms with E-state index in [0.717, 1.165) is 12.8 Å². The smallest absolute Gasteiger partial charge is 0.230 e. The van der Waals surface area contributed by atoms with Crippen molar-refractivity contribution >= 4 is 23.1 Å². The molecule has 0 heterocycles. The molecule has 0 aromatic heterocycles. The summed E-state index contributed by atoms with van der Waals surface area (Å²) in [5.74, 6) is 0.342. The van der Waals surface area contributed by atoms with Crippen molar-refractivity contribution in [3.05, 3.63) is 0 Å². The van der Waals surface area contributed by atoms with E-state index in [1.807, 2.05) is 6.92 Å². The molecule has 1 aliphatic rings. The zero-order chi connectivity index (χ0) is 13.5. The lowest BCUT2D eigenvalue weighted by Crippen LogP contribution is -2.45. The summed E-state index contributed by atoms with van der Waals surface area (Å²) in [6.07, 6.45) is 8.05. The Morgan fingerprint density at radius 2 is 2.00 bits per heavy atom. The molecular formula is C14H26N2OS. The number of rotatable bonds is 6. The first kappa shape index (κ1) is 15.4. The average molecular weight is 270 g/mol. The molecule has 3 nitrogen and oxygen atoms in total. The summed E-state index contributed by atoms with van der Waals surface area (Å²) in [4.78, 5) is 12.5. The highest BCUT2D eigenvalue weighted by Crippen LogP contribution is 2.26. The van der Waals surface area contributed by atoms with E-state index in [0.29, 0.717) is 10.9 Å². The van der Waals surface area contributed by atoms with E-state index in [2.05, 4.69) is 12.2 Å². The minimum absolute atomic E-state index is 0.0161. The van der Waals surface area contributed by atoms with E-state index in [4.69, 9.17) is 18.0 Å². The van der Waals surface area contributed by atoms with Crippen molar-refractivity contribution in [1.82, 2.24) is 5.32 Å². The van der Waals surface area contributed by atoms with Gasteiger partial charge in [0.2, 0.25) is 5.91 Å². The Balaban J connectivity index is 2.48.